The molecule has 1 aliphatic heterocycles. The molecule has 1 fully saturated rings. The second kappa shape index (κ2) is 5.18. The number of halogens is 1. The molecule has 20 heavy (non-hydrogen) atoms. The number of rotatable bonds is 3. The summed E-state index contributed by atoms with van der Waals surface area (Å²) in [7, 11) is 0. The normalized spacial score (nSPS) is 25.4. The number of benzene rings is 1. The number of carbonyl (C=O) groups is 2. The molecular weight excluding hydrogens is 267 g/mol. The predicted octanol–water partition coefficient (Wildman–Crippen LogP) is 0.826. The van der Waals surface area contributed by atoms with E-state index >= 15 is 0 Å². The molecule has 0 aliphatic carbocycles. The van der Waals surface area contributed by atoms with Crippen molar-refractivity contribution in [2.24, 2.45) is 11.1 Å². The Morgan fingerprint density at radius 1 is 1.55 bits per heavy atom. The van der Waals surface area contributed by atoms with E-state index in [1.807, 2.05) is 0 Å². The summed E-state index contributed by atoms with van der Waals surface area (Å²) in [5.41, 5.74) is 4.13. The zero-order chi connectivity index (χ0) is 14.9. The number of hydrogen-bond acceptors (Lipinski definition) is 4. The summed E-state index contributed by atoms with van der Waals surface area (Å²) in [6.45, 7) is 1.94. The zero-order valence-corrected chi connectivity index (χ0v) is 10.9. The maximum Gasteiger partial charge on any atom is 0.337 e. The minimum absolute atomic E-state index is 0.108. The average Bonchev–Trinajstić information content (AvgIpc) is 2.73. The van der Waals surface area contributed by atoms with Crippen LogP contribution in [-0.2, 0) is 9.53 Å². The summed E-state index contributed by atoms with van der Waals surface area (Å²) in [6, 6.07) is 3.03. The number of carbonyl (C=O) groups excluding carboxylic acids is 1. The number of hydrogen-bond donors (Lipinski definition) is 3. The molecule has 2 rings (SSSR count). The standard InChI is InChI=1S/C13H15FN2O4/c1-13(6-20-5-9(13)15)12(19)16-10-7(11(17)18)3-2-4-8(10)14/h2-4,9H,5-6,15H2,1H3,(H,16,19)(H,17,18). The van der Waals surface area contributed by atoms with Crippen molar-refractivity contribution in [3.05, 3.63) is 29.6 Å². The molecule has 0 radical (unpaired) electrons. The van der Waals surface area contributed by atoms with Gasteiger partial charge in [0.05, 0.1) is 29.9 Å². The Morgan fingerprint density at radius 2 is 2.25 bits per heavy atom. The topological polar surface area (TPSA) is 102 Å². The maximum atomic E-state index is 13.7. The highest BCUT2D eigenvalue weighted by Gasteiger charge is 2.44. The highest BCUT2D eigenvalue weighted by molar-refractivity contribution is 6.02. The summed E-state index contributed by atoms with van der Waals surface area (Å²) < 4.78 is 18.9. The van der Waals surface area contributed by atoms with Crippen LogP contribution >= 0.6 is 0 Å². The van der Waals surface area contributed by atoms with Crippen molar-refractivity contribution < 1.29 is 23.8 Å². The van der Waals surface area contributed by atoms with Crippen molar-refractivity contribution in [2.75, 3.05) is 18.5 Å². The van der Waals surface area contributed by atoms with Gasteiger partial charge in [-0.05, 0) is 19.1 Å². The third-order valence-electron chi connectivity index (χ3n) is 3.52. The third kappa shape index (κ3) is 2.37. The summed E-state index contributed by atoms with van der Waals surface area (Å²) in [6.07, 6.45) is 0. The van der Waals surface area contributed by atoms with E-state index in [2.05, 4.69) is 5.32 Å². The van der Waals surface area contributed by atoms with Gasteiger partial charge in [0, 0.05) is 6.04 Å². The SMILES string of the molecule is CC1(C(=O)Nc2c(F)cccc2C(=O)O)COCC1N. The number of anilines is 1. The molecule has 1 aromatic rings. The van der Waals surface area contributed by atoms with Crippen molar-refractivity contribution in [1.29, 1.82) is 0 Å². The molecule has 2 atom stereocenters. The fourth-order valence-electron chi connectivity index (χ4n) is 2.01. The Hall–Kier alpha value is -1.99. The molecule has 2 unspecified atom stereocenters. The summed E-state index contributed by atoms with van der Waals surface area (Å²) >= 11 is 0. The first-order valence-electron chi connectivity index (χ1n) is 6.03. The molecule has 7 heteroatoms. The van der Waals surface area contributed by atoms with Gasteiger partial charge in [-0.1, -0.05) is 6.07 Å². The van der Waals surface area contributed by atoms with Crippen molar-refractivity contribution in [3.8, 4) is 0 Å². The number of para-hydroxylation sites is 1. The largest absolute Gasteiger partial charge is 0.478 e. The first-order chi connectivity index (χ1) is 9.36. The lowest BCUT2D eigenvalue weighted by molar-refractivity contribution is -0.125. The van der Waals surface area contributed by atoms with Gasteiger partial charge in [-0.2, -0.15) is 0 Å². The highest BCUT2D eigenvalue weighted by Crippen LogP contribution is 2.30. The minimum atomic E-state index is -1.32. The first kappa shape index (κ1) is 14.4. The van der Waals surface area contributed by atoms with Crippen LogP contribution in [0.5, 0.6) is 0 Å². The number of aromatic carboxylic acids is 1. The van der Waals surface area contributed by atoms with Crippen LogP contribution in [0.4, 0.5) is 10.1 Å². The van der Waals surface area contributed by atoms with Crippen LogP contribution in [-0.4, -0.2) is 36.2 Å². The van der Waals surface area contributed by atoms with E-state index in [-0.39, 0.29) is 24.5 Å². The molecule has 1 heterocycles. The highest BCUT2D eigenvalue weighted by atomic mass is 19.1. The lowest BCUT2D eigenvalue weighted by Crippen LogP contribution is -2.47. The number of ether oxygens (including phenoxy) is 1. The van der Waals surface area contributed by atoms with Crippen LogP contribution in [0.2, 0.25) is 0 Å². The van der Waals surface area contributed by atoms with Crippen LogP contribution in [0.25, 0.3) is 0 Å². The van der Waals surface area contributed by atoms with Gasteiger partial charge in [-0.3, -0.25) is 4.79 Å². The Balaban J connectivity index is 2.31. The molecule has 0 spiro atoms. The first-order valence-corrected chi connectivity index (χ1v) is 6.03. The molecular formula is C13H15FN2O4. The minimum Gasteiger partial charge on any atom is -0.478 e. The zero-order valence-electron chi connectivity index (χ0n) is 10.9. The lowest BCUT2D eigenvalue weighted by Gasteiger charge is -2.25. The van der Waals surface area contributed by atoms with Gasteiger partial charge >= 0.3 is 5.97 Å². The molecule has 0 bridgehead atoms. The van der Waals surface area contributed by atoms with E-state index in [0.29, 0.717) is 0 Å². The fraction of sp³-hybridized carbons (Fsp3) is 0.385. The number of carboxylic acids is 1. The van der Waals surface area contributed by atoms with Crippen LogP contribution in [0.3, 0.4) is 0 Å². The van der Waals surface area contributed by atoms with Crippen molar-refractivity contribution in [1.82, 2.24) is 0 Å². The number of carboxylic acid groups (broad SMARTS) is 1. The van der Waals surface area contributed by atoms with E-state index in [0.717, 1.165) is 6.07 Å². The summed E-state index contributed by atoms with van der Waals surface area (Å²) in [5, 5.41) is 11.3. The number of nitrogens with one attached hydrogen (secondary N) is 1. The molecule has 4 N–H and O–H groups in total. The van der Waals surface area contributed by atoms with Gasteiger partial charge in [0.15, 0.2) is 0 Å². The molecule has 1 aliphatic rings. The van der Waals surface area contributed by atoms with Gasteiger partial charge in [0.1, 0.15) is 5.82 Å². The van der Waals surface area contributed by atoms with Gasteiger partial charge in [0.25, 0.3) is 0 Å². The van der Waals surface area contributed by atoms with E-state index in [9.17, 15) is 14.0 Å². The molecule has 108 valence electrons. The van der Waals surface area contributed by atoms with Crippen LogP contribution < -0.4 is 11.1 Å². The Bertz CT molecular complexity index is 563. The van der Waals surface area contributed by atoms with E-state index in [1.165, 1.54) is 12.1 Å². The lowest BCUT2D eigenvalue weighted by atomic mass is 9.84. The Labute approximate surface area is 114 Å². The maximum absolute atomic E-state index is 13.7. The smallest absolute Gasteiger partial charge is 0.337 e. The van der Waals surface area contributed by atoms with Crippen LogP contribution in [0.1, 0.15) is 17.3 Å². The quantitative estimate of drug-likeness (QED) is 0.762. The van der Waals surface area contributed by atoms with Gasteiger partial charge in [-0.25, -0.2) is 9.18 Å². The Morgan fingerprint density at radius 3 is 2.80 bits per heavy atom. The molecule has 1 amide bonds. The van der Waals surface area contributed by atoms with Crippen LogP contribution in [0.15, 0.2) is 18.2 Å². The molecule has 0 aromatic heterocycles. The van der Waals surface area contributed by atoms with Gasteiger partial charge < -0.3 is 20.9 Å². The number of nitrogens with two attached hydrogens (primary N) is 1. The van der Waals surface area contributed by atoms with Crippen molar-refractivity contribution >= 4 is 17.6 Å². The van der Waals surface area contributed by atoms with E-state index in [4.69, 9.17) is 15.6 Å². The molecule has 0 saturated carbocycles. The molecule has 6 nitrogen and oxygen atoms in total. The van der Waals surface area contributed by atoms with E-state index in [1.54, 1.807) is 6.92 Å². The number of amides is 1. The van der Waals surface area contributed by atoms with Crippen molar-refractivity contribution in [2.45, 2.75) is 13.0 Å². The average molecular weight is 282 g/mol. The fourth-order valence-corrected chi connectivity index (χ4v) is 2.01. The van der Waals surface area contributed by atoms with Crippen LogP contribution in [0, 0.1) is 11.2 Å². The van der Waals surface area contributed by atoms with Gasteiger partial charge in [0.2, 0.25) is 5.91 Å². The third-order valence-corrected chi connectivity index (χ3v) is 3.52. The monoisotopic (exact) mass is 282 g/mol. The predicted molar refractivity (Wildman–Crippen MR) is 68.9 cm³/mol. The second-order valence-electron chi connectivity index (χ2n) is 4.96. The summed E-state index contributed by atoms with van der Waals surface area (Å²) in [5.74, 6) is -2.69. The van der Waals surface area contributed by atoms with Crippen molar-refractivity contribution in [3.63, 3.8) is 0 Å². The van der Waals surface area contributed by atoms with E-state index < -0.39 is 29.2 Å². The molecule has 1 aromatic carbocycles. The molecule has 1 saturated heterocycles. The van der Waals surface area contributed by atoms with Gasteiger partial charge in [-0.15, -0.1) is 0 Å². The second-order valence-corrected chi connectivity index (χ2v) is 4.96. The summed E-state index contributed by atoms with van der Waals surface area (Å²) in [4.78, 5) is 23.3. The Kier molecular flexibility index (Phi) is 3.74.